The molecule has 1 unspecified atom stereocenters. The molecular formula is C12H23NS. The van der Waals surface area contributed by atoms with E-state index in [0.29, 0.717) is 0 Å². The van der Waals surface area contributed by atoms with E-state index in [-0.39, 0.29) is 0 Å². The van der Waals surface area contributed by atoms with Gasteiger partial charge in [0.05, 0.1) is 0 Å². The molecule has 2 rings (SSSR count). The van der Waals surface area contributed by atoms with Crippen LogP contribution in [0.15, 0.2) is 0 Å². The molecule has 0 radical (unpaired) electrons. The van der Waals surface area contributed by atoms with Gasteiger partial charge in [-0.05, 0) is 62.6 Å². The van der Waals surface area contributed by atoms with Crippen molar-refractivity contribution >= 4 is 11.8 Å². The van der Waals surface area contributed by atoms with Crippen LogP contribution in [0.4, 0.5) is 0 Å². The average Bonchev–Trinajstić information content (AvgIpc) is 2.44. The standard InChI is InChI=1S/C12H23NS/c1-11-3-2-7-13(8-4-11)12-5-9-14-10-6-12/h11-12H,2-10H2,1H3. The maximum Gasteiger partial charge on any atom is 0.0111 e. The van der Waals surface area contributed by atoms with Gasteiger partial charge in [0.1, 0.15) is 0 Å². The van der Waals surface area contributed by atoms with Crippen molar-refractivity contribution in [3.63, 3.8) is 0 Å². The SMILES string of the molecule is CC1CCCN(C2CCSCC2)CC1. The smallest absolute Gasteiger partial charge is 0.0111 e. The summed E-state index contributed by atoms with van der Waals surface area (Å²) in [5.74, 6) is 3.77. The zero-order chi connectivity index (χ0) is 9.80. The molecule has 0 bridgehead atoms. The molecule has 2 aliphatic heterocycles. The summed E-state index contributed by atoms with van der Waals surface area (Å²) in [6, 6.07) is 0.932. The Labute approximate surface area is 92.6 Å². The molecule has 2 aliphatic rings. The van der Waals surface area contributed by atoms with Crippen LogP contribution in [0.25, 0.3) is 0 Å². The van der Waals surface area contributed by atoms with Crippen LogP contribution < -0.4 is 0 Å². The van der Waals surface area contributed by atoms with Crippen LogP contribution in [0.1, 0.15) is 39.0 Å². The zero-order valence-electron chi connectivity index (χ0n) is 9.37. The second-order valence-corrected chi connectivity index (χ2v) is 6.14. The second kappa shape index (κ2) is 5.41. The lowest BCUT2D eigenvalue weighted by molar-refractivity contribution is 0.191. The third-order valence-electron chi connectivity index (χ3n) is 3.76. The molecule has 2 heterocycles. The van der Waals surface area contributed by atoms with Gasteiger partial charge in [-0.3, -0.25) is 0 Å². The van der Waals surface area contributed by atoms with Gasteiger partial charge in [-0.1, -0.05) is 6.92 Å². The molecule has 0 aromatic carbocycles. The molecule has 0 saturated carbocycles. The van der Waals surface area contributed by atoms with Crippen LogP contribution >= 0.6 is 11.8 Å². The first-order valence-corrected chi connectivity index (χ1v) is 7.33. The van der Waals surface area contributed by atoms with E-state index in [1.165, 1.54) is 56.7 Å². The molecule has 0 aromatic rings. The monoisotopic (exact) mass is 213 g/mol. The summed E-state index contributed by atoms with van der Waals surface area (Å²) >= 11 is 2.14. The van der Waals surface area contributed by atoms with Gasteiger partial charge in [0.15, 0.2) is 0 Å². The van der Waals surface area contributed by atoms with E-state index in [2.05, 4.69) is 23.6 Å². The highest BCUT2D eigenvalue weighted by molar-refractivity contribution is 7.99. The minimum atomic E-state index is 0.932. The van der Waals surface area contributed by atoms with Crippen LogP contribution in [0.3, 0.4) is 0 Å². The zero-order valence-corrected chi connectivity index (χ0v) is 10.2. The highest BCUT2D eigenvalue weighted by Crippen LogP contribution is 2.25. The quantitative estimate of drug-likeness (QED) is 0.659. The Morgan fingerprint density at radius 2 is 1.79 bits per heavy atom. The van der Waals surface area contributed by atoms with Gasteiger partial charge in [-0.2, -0.15) is 11.8 Å². The molecule has 2 heteroatoms. The summed E-state index contributed by atoms with van der Waals surface area (Å²) in [5.41, 5.74) is 0. The first-order chi connectivity index (χ1) is 6.86. The molecule has 14 heavy (non-hydrogen) atoms. The van der Waals surface area contributed by atoms with Crippen molar-refractivity contribution in [1.82, 2.24) is 4.90 Å². The fourth-order valence-electron chi connectivity index (χ4n) is 2.70. The Morgan fingerprint density at radius 1 is 1.00 bits per heavy atom. The number of rotatable bonds is 1. The van der Waals surface area contributed by atoms with E-state index >= 15 is 0 Å². The molecule has 0 aliphatic carbocycles. The topological polar surface area (TPSA) is 3.24 Å². The lowest BCUT2D eigenvalue weighted by Crippen LogP contribution is -2.38. The van der Waals surface area contributed by atoms with Gasteiger partial charge >= 0.3 is 0 Å². The molecule has 82 valence electrons. The average molecular weight is 213 g/mol. The first-order valence-electron chi connectivity index (χ1n) is 6.18. The van der Waals surface area contributed by atoms with E-state index in [9.17, 15) is 0 Å². The Bertz CT molecular complexity index is 166. The molecule has 1 nitrogen and oxygen atoms in total. The van der Waals surface area contributed by atoms with Gasteiger partial charge in [0.2, 0.25) is 0 Å². The lowest BCUT2D eigenvalue weighted by atomic mass is 10.0. The largest absolute Gasteiger partial charge is 0.300 e. The number of hydrogen-bond donors (Lipinski definition) is 0. The van der Waals surface area contributed by atoms with Crippen molar-refractivity contribution in [2.75, 3.05) is 24.6 Å². The van der Waals surface area contributed by atoms with Gasteiger partial charge in [-0.25, -0.2) is 0 Å². The maximum atomic E-state index is 2.78. The van der Waals surface area contributed by atoms with E-state index in [0.717, 1.165) is 12.0 Å². The maximum absolute atomic E-state index is 2.78. The number of likely N-dealkylation sites (tertiary alicyclic amines) is 1. The number of nitrogens with zero attached hydrogens (tertiary/aromatic N) is 1. The predicted octanol–water partition coefficient (Wildman–Crippen LogP) is 3.00. The minimum Gasteiger partial charge on any atom is -0.300 e. The van der Waals surface area contributed by atoms with E-state index in [1.54, 1.807) is 0 Å². The van der Waals surface area contributed by atoms with Crippen LogP contribution in [-0.4, -0.2) is 35.5 Å². The summed E-state index contributed by atoms with van der Waals surface area (Å²) < 4.78 is 0. The minimum absolute atomic E-state index is 0.932. The van der Waals surface area contributed by atoms with Gasteiger partial charge in [0, 0.05) is 6.04 Å². The molecule has 2 fully saturated rings. The van der Waals surface area contributed by atoms with Crippen LogP contribution in [-0.2, 0) is 0 Å². The molecule has 0 amide bonds. The van der Waals surface area contributed by atoms with E-state index < -0.39 is 0 Å². The Kier molecular flexibility index (Phi) is 4.18. The molecule has 0 aromatic heterocycles. The van der Waals surface area contributed by atoms with Crippen molar-refractivity contribution in [1.29, 1.82) is 0 Å². The molecule has 2 saturated heterocycles. The highest BCUT2D eigenvalue weighted by Gasteiger charge is 2.23. The van der Waals surface area contributed by atoms with E-state index in [4.69, 9.17) is 0 Å². The van der Waals surface area contributed by atoms with E-state index in [1.807, 2.05) is 0 Å². The van der Waals surface area contributed by atoms with Crippen molar-refractivity contribution in [2.45, 2.75) is 45.1 Å². The highest BCUT2D eigenvalue weighted by atomic mass is 32.2. The summed E-state index contributed by atoms with van der Waals surface area (Å²) in [6.45, 7) is 5.16. The summed E-state index contributed by atoms with van der Waals surface area (Å²) in [7, 11) is 0. The number of hydrogen-bond acceptors (Lipinski definition) is 2. The van der Waals surface area contributed by atoms with Crippen LogP contribution in [0, 0.1) is 5.92 Å². The molecule has 0 N–H and O–H groups in total. The Morgan fingerprint density at radius 3 is 2.57 bits per heavy atom. The van der Waals surface area contributed by atoms with Gasteiger partial charge in [0.25, 0.3) is 0 Å². The summed E-state index contributed by atoms with van der Waals surface area (Å²) in [4.78, 5) is 2.78. The van der Waals surface area contributed by atoms with Crippen molar-refractivity contribution < 1.29 is 0 Å². The number of thioether (sulfide) groups is 1. The second-order valence-electron chi connectivity index (χ2n) is 4.92. The predicted molar refractivity (Wildman–Crippen MR) is 64.9 cm³/mol. The Balaban J connectivity index is 1.83. The van der Waals surface area contributed by atoms with Crippen molar-refractivity contribution in [2.24, 2.45) is 5.92 Å². The van der Waals surface area contributed by atoms with Gasteiger partial charge in [-0.15, -0.1) is 0 Å². The van der Waals surface area contributed by atoms with Crippen molar-refractivity contribution in [3.05, 3.63) is 0 Å². The molecular weight excluding hydrogens is 190 g/mol. The molecule has 1 atom stereocenters. The van der Waals surface area contributed by atoms with Gasteiger partial charge < -0.3 is 4.90 Å². The van der Waals surface area contributed by atoms with Crippen LogP contribution in [0.5, 0.6) is 0 Å². The third kappa shape index (κ3) is 2.90. The first kappa shape index (κ1) is 10.8. The fourth-order valence-corrected chi connectivity index (χ4v) is 3.78. The summed E-state index contributed by atoms with van der Waals surface area (Å²) in [5, 5.41) is 0. The Hall–Kier alpha value is 0.310. The fraction of sp³-hybridized carbons (Fsp3) is 1.00. The normalized spacial score (nSPS) is 32.8. The summed E-state index contributed by atoms with van der Waals surface area (Å²) in [6.07, 6.45) is 7.21. The van der Waals surface area contributed by atoms with Crippen molar-refractivity contribution in [3.8, 4) is 0 Å². The van der Waals surface area contributed by atoms with Crippen LogP contribution in [0.2, 0.25) is 0 Å². The lowest BCUT2D eigenvalue weighted by Gasteiger charge is -2.33. The third-order valence-corrected chi connectivity index (χ3v) is 4.81. The molecule has 0 spiro atoms.